The number of amides is 4. The molecule has 1 aliphatic rings. The number of aryl methyl sites for hydroxylation is 2. The molecule has 1 fully saturated rings. The summed E-state index contributed by atoms with van der Waals surface area (Å²) in [5, 5.41) is 16.4. The topological polar surface area (TPSA) is 190 Å². The molecule has 2 aromatic carbocycles. The molecule has 1 saturated heterocycles. The molecule has 7 N–H and O–H groups in total. The lowest BCUT2D eigenvalue weighted by molar-refractivity contribution is -0.144. The number of rotatable bonds is 19. The number of aliphatic hydroxyl groups excluding tert-OH is 1. The Morgan fingerprint density at radius 2 is 1.67 bits per heavy atom. The zero-order chi connectivity index (χ0) is 39.4. The molecule has 294 valence electrons. The molecule has 0 bridgehead atoms. The number of hydrogen-bond donors (Lipinski definition) is 5. The van der Waals surface area contributed by atoms with Crippen molar-refractivity contribution in [3.8, 4) is 10.4 Å². The molecule has 0 unspecified atom stereocenters. The van der Waals surface area contributed by atoms with Crippen LogP contribution in [-0.2, 0) is 43.5 Å². The summed E-state index contributed by atoms with van der Waals surface area (Å²) in [6, 6.07) is 14.2. The highest BCUT2D eigenvalue weighted by atomic mass is 32.1. The molecule has 1 aliphatic heterocycles. The molecule has 0 aliphatic carbocycles. The van der Waals surface area contributed by atoms with E-state index < -0.39 is 23.6 Å². The molecule has 5 atom stereocenters. The van der Waals surface area contributed by atoms with Gasteiger partial charge in [-0.25, -0.2) is 4.98 Å². The fourth-order valence-electron chi connectivity index (χ4n) is 6.50. The van der Waals surface area contributed by atoms with Crippen molar-refractivity contribution in [1.82, 2.24) is 20.5 Å². The standard InChI is InChI=1S/C41H58N6O6S/c1-26-37(54-25-45-26)31-17-15-29(16-18-31)22-44-39(51)34-21-32(48)23-47(34)40(52)38(41(3,4)5)46-36(50)10-8-6-7-9-28-11-13-30(14-12-28)24-53-27(2)33(42)19-20-35(43)49/h11-18,25,27,32-34,38,48H,6-10,19-24,42H2,1-5H3,(H2,43,49)(H,44,51)(H,46,50)/t27-,32-,33+,34+,38-/m1/s1. The Morgan fingerprint density at radius 3 is 2.30 bits per heavy atom. The molecule has 13 heteroatoms. The summed E-state index contributed by atoms with van der Waals surface area (Å²) >= 11 is 1.58. The molecule has 3 aromatic rings. The van der Waals surface area contributed by atoms with Gasteiger partial charge in [0, 0.05) is 38.4 Å². The predicted octanol–water partition coefficient (Wildman–Crippen LogP) is 4.53. The van der Waals surface area contributed by atoms with Crippen LogP contribution in [0, 0.1) is 12.3 Å². The first-order valence-electron chi connectivity index (χ1n) is 18.9. The number of nitrogens with zero attached hydrogens (tertiary/aromatic N) is 2. The zero-order valence-electron chi connectivity index (χ0n) is 32.3. The molecule has 1 aromatic heterocycles. The number of benzene rings is 2. The van der Waals surface area contributed by atoms with E-state index in [1.54, 1.807) is 11.3 Å². The molecule has 0 saturated carbocycles. The van der Waals surface area contributed by atoms with Gasteiger partial charge in [0.1, 0.15) is 12.1 Å². The molecule has 2 heterocycles. The second-order valence-corrected chi connectivity index (χ2v) is 16.4. The quantitative estimate of drug-likeness (QED) is 0.110. The van der Waals surface area contributed by atoms with E-state index in [-0.39, 0.29) is 68.1 Å². The van der Waals surface area contributed by atoms with Gasteiger partial charge in [-0.3, -0.25) is 19.2 Å². The number of aliphatic hydroxyl groups is 1. The first-order valence-corrected chi connectivity index (χ1v) is 19.8. The van der Waals surface area contributed by atoms with E-state index in [9.17, 15) is 24.3 Å². The SMILES string of the molecule is Cc1ncsc1-c1ccc(CNC(=O)[C@@H]2C[C@@H](O)CN2C(=O)[C@@H](NC(=O)CCCCCc2ccc(CO[C@H](C)[C@@H](N)CCC(N)=O)cc2)C(C)(C)C)cc1. The van der Waals surface area contributed by atoms with Gasteiger partial charge in [-0.05, 0) is 67.2 Å². The molecule has 4 rings (SSSR count). The van der Waals surface area contributed by atoms with E-state index >= 15 is 0 Å². The highest BCUT2D eigenvalue weighted by Crippen LogP contribution is 2.28. The smallest absolute Gasteiger partial charge is 0.246 e. The van der Waals surface area contributed by atoms with Crippen LogP contribution in [0.3, 0.4) is 0 Å². The average Bonchev–Trinajstić information content (AvgIpc) is 3.75. The Balaban J connectivity index is 1.20. The normalized spacial score (nSPS) is 17.5. The Labute approximate surface area is 323 Å². The fraction of sp³-hybridized carbons (Fsp3) is 0.537. The average molecular weight is 763 g/mol. The Kier molecular flexibility index (Phi) is 15.7. The number of thiazole rings is 1. The van der Waals surface area contributed by atoms with Gasteiger partial charge < -0.3 is 36.8 Å². The molecule has 54 heavy (non-hydrogen) atoms. The van der Waals surface area contributed by atoms with Crippen LogP contribution in [0.1, 0.15) is 95.0 Å². The van der Waals surface area contributed by atoms with Crippen LogP contribution >= 0.6 is 11.3 Å². The van der Waals surface area contributed by atoms with Crippen molar-refractivity contribution in [1.29, 1.82) is 0 Å². The van der Waals surface area contributed by atoms with Crippen molar-refractivity contribution in [3.05, 3.63) is 76.4 Å². The number of carbonyl (C=O) groups is 4. The largest absolute Gasteiger partial charge is 0.391 e. The van der Waals surface area contributed by atoms with Crippen molar-refractivity contribution in [2.75, 3.05) is 6.54 Å². The Morgan fingerprint density at radius 1 is 1.00 bits per heavy atom. The lowest BCUT2D eigenvalue weighted by atomic mass is 9.85. The lowest BCUT2D eigenvalue weighted by Crippen LogP contribution is -2.57. The minimum atomic E-state index is -0.857. The van der Waals surface area contributed by atoms with E-state index in [1.165, 1.54) is 10.5 Å². The molecule has 0 radical (unpaired) electrons. The molecular weight excluding hydrogens is 705 g/mol. The molecule has 0 spiro atoms. The Bertz CT molecular complexity index is 1690. The number of nitrogens with two attached hydrogens (primary N) is 2. The number of aromatic nitrogens is 1. The van der Waals surface area contributed by atoms with Gasteiger partial charge in [0.25, 0.3) is 0 Å². The first kappa shape index (κ1) is 42.6. The van der Waals surface area contributed by atoms with Crippen molar-refractivity contribution >= 4 is 35.0 Å². The second-order valence-electron chi connectivity index (χ2n) is 15.5. The van der Waals surface area contributed by atoms with Gasteiger partial charge in [0.05, 0.1) is 34.9 Å². The number of nitrogens with one attached hydrogen (secondary N) is 2. The van der Waals surface area contributed by atoms with Crippen LogP contribution in [0.25, 0.3) is 10.4 Å². The second kappa shape index (κ2) is 19.9. The summed E-state index contributed by atoms with van der Waals surface area (Å²) in [6.07, 6.45) is 3.42. The van der Waals surface area contributed by atoms with Crippen LogP contribution in [0.5, 0.6) is 0 Å². The number of β-amino-alcohol motifs (C(OH)–C–C–N with tert-alkyl or cyclic N) is 1. The number of primary amides is 1. The summed E-state index contributed by atoms with van der Waals surface area (Å²) in [5.41, 5.74) is 17.7. The zero-order valence-corrected chi connectivity index (χ0v) is 33.1. The predicted molar refractivity (Wildman–Crippen MR) is 211 cm³/mol. The summed E-state index contributed by atoms with van der Waals surface area (Å²) in [5.74, 6) is -1.29. The van der Waals surface area contributed by atoms with E-state index in [0.717, 1.165) is 46.5 Å². The maximum atomic E-state index is 13.9. The van der Waals surface area contributed by atoms with Crippen LogP contribution in [0.2, 0.25) is 0 Å². The first-order chi connectivity index (χ1) is 25.6. The number of hydrogen-bond acceptors (Lipinski definition) is 9. The van der Waals surface area contributed by atoms with Crippen molar-refractivity contribution in [3.63, 3.8) is 0 Å². The van der Waals surface area contributed by atoms with Gasteiger partial charge >= 0.3 is 0 Å². The minimum Gasteiger partial charge on any atom is -0.391 e. The monoisotopic (exact) mass is 762 g/mol. The molecule has 4 amide bonds. The van der Waals surface area contributed by atoms with Gasteiger partial charge in [0.15, 0.2) is 0 Å². The number of likely N-dealkylation sites (tertiary alicyclic amines) is 1. The van der Waals surface area contributed by atoms with Crippen LogP contribution in [0.4, 0.5) is 0 Å². The van der Waals surface area contributed by atoms with Crippen LogP contribution < -0.4 is 22.1 Å². The summed E-state index contributed by atoms with van der Waals surface area (Å²) < 4.78 is 5.88. The number of ether oxygens (including phenoxy) is 1. The van der Waals surface area contributed by atoms with E-state index in [2.05, 4.69) is 27.8 Å². The summed E-state index contributed by atoms with van der Waals surface area (Å²) in [7, 11) is 0. The van der Waals surface area contributed by atoms with Crippen LogP contribution in [-0.4, -0.2) is 75.5 Å². The fourth-order valence-corrected chi connectivity index (χ4v) is 7.31. The molecule has 12 nitrogen and oxygen atoms in total. The summed E-state index contributed by atoms with van der Waals surface area (Å²) in [6.45, 7) is 10.3. The third-order valence-corrected chi connectivity index (χ3v) is 10.9. The van der Waals surface area contributed by atoms with Gasteiger partial charge in [-0.15, -0.1) is 11.3 Å². The van der Waals surface area contributed by atoms with E-state index in [0.29, 0.717) is 19.4 Å². The highest BCUT2D eigenvalue weighted by molar-refractivity contribution is 7.13. The van der Waals surface area contributed by atoms with Crippen LogP contribution in [0.15, 0.2) is 54.0 Å². The number of unbranched alkanes of at least 4 members (excludes halogenated alkanes) is 2. The maximum absolute atomic E-state index is 13.9. The maximum Gasteiger partial charge on any atom is 0.246 e. The molecular formula is C41H58N6O6S. The Hall–Kier alpha value is -4.17. The highest BCUT2D eigenvalue weighted by Gasteiger charge is 2.44. The lowest BCUT2D eigenvalue weighted by Gasteiger charge is -2.35. The van der Waals surface area contributed by atoms with Gasteiger partial charge in [0.2, 0.25) is 23.6 Å². The van der Waals surface area contributed by atoms with Crippen molar-refractivity contribution < 1.29 is 29.0 Å². The minimum absolute atomic E-state index is 0.0297. The van der Waals surface area contributed by atoms with Crippen molar-refractivity contribution in [2.45, 2.75) is 129 Å². The third-order valence-electron chi connectivity index (χ3n) is 9.94. The third kappa shape index (κ3) is 12.7. The number of carbonyl (C=O) groups excluding carboxylic acids is 4. The van der Waals surface area contributed by atoms with E-state index in [4.69, 9.17) is 16.2 Å². The van der Waals surface area contributed by atoms with Crippen molar-refractivity contribution in [2.24, 2.45) is 16.9 Å². The van der Waals surface area contributed by atoms with E-state index in [1.807, 2.05) is 76.5 Å². The van der Waals surface area contributed by atoms with Gasteiger partial charge in [-0.1, -0.05) is 75.7 Å². The summed E-state index contributed by atoms with van der Waals surface area (Å²) in [4.78, 5) is 58.3. The van der Waals surface area contributed by atoms with Gasteiger partial charge in [-0.2, -0.15) is 0 Å².